The minimum atomic E-state index is -0.256. The Morgan fingerprint density at radius 3 is 2.64 bits per heavy atom. The average molecular weight is 610 g/mol. The molecule has 1 aliphatic rings. The topological polar surface area (TPSA) is 90.6 Å². The van der Waals surface area contributed by atoms with Gasteiger partial charge in [-0.3, -0.25) is 9.59 Å². The molecule has 2 aromatic heterocycles. The molecule has 1 N–H and O–H groups in total. The van der Waals surface area contributed by atoms with E-state index < -0.39 is 0 Å². The van der Waals surface area contributed by atoms with Gasteiger partial charge in [0.15, 0.2) is 0 Å². The van der Waals surface area contributed by atoms with E-state index in [9.17, 15) is 9.59 Å². The van der Waals surface area contributed by atoms with Crippen molar-refractivity contribution in [3.8, 4) is 22.6 Å². The van der Waals surface area contributed by atoms with Gasteiger partial charge in [0, 0.05) is 47.5 Å². The molecule has 9 nitrogen and oxygen atoms in total. The molecule has 0 radical (unpaired) electrons. The van der Waals surface area contributed by atoms with Gasteiger partial charge < -0.3 is 28.8 Å². The Morgan fingerprint density at radius 2 is 1.84 bits per heavy atom. The summed E-state index contributed by atoms with van der Waals surface area (Å²) in [7, 11) is 3.15. The zero-order valence-electron chi connectivity index (χ0n) is 24.5. The van der Waals surface area contributed by atoms with E-state index in [0.29, 0.717) is 40.9 Å². The van der Waals surface area contributed by atoms with E-state index in [2.05, 4.69) is 10.3 Å². The van der Waals surface area contributed by atoms with E-state index in [-0.39, 0.29) is 18.4 Å². The molecule has 0 bridgehead atoms. The number of nitrogens with zero attached hydrogens (tertiary/aromatic N) is 4. The highest BCUT2D eigenvalue weighted by Crippen LogP contribution is 2.38. The number of methoxy groups -OCH3 is 2. The SMILES string of the molecule is COc1cccc(-c2cc(OC)c(C(=O)N3Cc4ccc(C(=O)NCCCn5ccnc5)n4Cc4ccccc43)cc2Cl)c1. The number of halogens is 1. The van der Waals surface area contributed by atoms with Gasteiger partial charge >= 0.3 is 0 Å². The Hall–Kier alpha value is -5.02. The zero-order chi connectivity index (χ0) is 30.6. The predicted molar refractivity (Wildman–Crippen MR) is 170 cm³/mol. The molecule has 3 aromatic carbocycles. The fourth-order valence-corrected chi connectivity index (χ4v) is 5.83. The molecule has 0 aliphatic carbocycles. The third-order valence-corrected chi connectivity index (χ3v) is 8.13. The number of aryl methyl sites for hydroxylation is 1. The second kappa shape index (κ2) is 12.7. The summed E-state index contributed by atoms with van der Waals surface area (Å²) in [6.07, 6.45) is 6.18. The number of hydrogen-bond acceptors (Lipinski definition) is 5. The molecule has 0 fully saturated rings. The van der Waals surface area contributed by atoms with Crippen LogP contribution in [-0.4, -0.2) is 46.7 Å². The summed E-state index contributed by atoms with van der Waals surface area (Å²) in [6, 6.07) is 22.5. The number of hydrogen-bond donors (Lipinski definition) is 1. The van der Waals surface area contributed by atoms with E-state index in [1.54, 1.807) is 36.7 Å². The van der Waals surface area contributed by atoms with Crippen LogP contribution in [0.15, 0.2) is 91.5 Å². The highest BCUT2D eigenvalue weighted by Gasteiger charge is 2.29. The largest absolute Gasteiger partial charge is 0.497 e. The lowest BCUT2D eigenvalue weighted by Crippen LogP contribution is -2.31. The number of carbonyl (C=O) groups excluding carboxylic acids is 2. The number of rotatable bonds is 9. The highest BCUT2D eigenvalue weighted by molar-refractivity contribution is 6.34. The number of amides is 2. The fourth-order valence-electron chi connectivity index (χ4n) is 5.56. The second-order valence-electron chi connectivity index (χ2n) is 10.5. The van der Waals surface area contributed by atoms with Crippen molar-refractivity contribution in [3.63, 3.8) is 0 Å². The normalized spacial score (nSPS) is 12.2. The maximum atomic E-state index is 14.3. The van der Waals surface area contributed by atoms with Crippen LogP contribution >= 0.6 is 11.6 Å². The predicted octanol–water partition coefficient (Wildman–Crippen LogP) is 6.05. The van der Waals surface area contributed by atoms with Gasteiger partial charge in [-0.05, 0) is 60.0 Å². The van der Waals surface area contributed by atoms with Crippen molar-refractivity contribution in [2.75, 3.05) is 25.7 Å². The van der Waals surface area contributed by atoms with Gasteiger partial charge in [0.2, 0.25) is 0 Å². The summed E-state index contributed by atoms with van der Waals surface area (Å²) >= 11 is 6.78. The third kappa shape index (κ3) is 5.78. The standard InChI is InChI=1S/C34H32ClN5O4/c1-43-26-9-5-8-23(17-26)27-19-32(44-2)28(18-29(27)35)34(42)40-21-25-11-12-31(39(25)20-24-7-3-4-10-30(24)40)33(41)37-13-6-15-38-16-14-36-22-38/h3-5,7-12,14,16-19,22H,6,13,15,20-21H2,1-2H3,(H,37,41). The Kier molecular flexibility index (Phi) is 8.38. The smallest absolute Gasteiger partial charge is 0.267 e. The van der Waals surface area contributed by atoms with E-state index >= 15 is 0 Å². The van der Waals surface area contributed by atoms with Gasteiger partial charge in [-0.2, -0.15) is 0 Å². The summed E-state index contributed by atoms with van der Waals surface area (Å²) < 4.78 is 15.1. The van der Waals surface area contributed by atoms with Crippen LogP contribution in [0.2, 0.25) is 5.02 Å². The molecule has 0 saturated heterocycles. The van der Waals surface area contributed by atoms with Gasteiger partial charge in [0.1, 0.15) is 17.2 Å². The molecular weight excluding hydrogens is 578 g/mol. The second-order valence-corrected chi connectivity index (χ2v) is 10.9. The van der Waals surface area contributed by atoms with Crippen molar-refractivity contribution >= 4 is 29.1 Å². The quantitative estimate of drug-likeness (QED) is 0.206. The number of aromatic nitrogens is 3. The molecule has 6 rings (SSSR count). The lowest BCUT2D eigenvalue weighted by molar-refractivity contribution is 0.0943. The number of anilines is 1. The molecule has 10 heteroatoms. The zero-order valence-corrected chi connectivity index (χ0v) is 25.3. The molecule has 2 amide bonds. The summed E-state index contributed by atoms with van der Waals surface area (Å²) in [5.41, 5.74) is 4.99. The molecule has 224 valence electrons. The van der Waals surface area contributed by atoms with Crippen LogP contribution < -0.4 is 19.7 Å². The van der Waals surface area contributed by atoms with Gasteiger partial charge in [0.25, 0.3) is 11.8 Å². The number of benzene rings is 3. The molecule has 0 unspecified atom stereocenters. The van der Waals surface area contributed by atoms with Crippen LogP contribution in [0.25, 0.3) is 11.1 Å². The van der Waals surface area contributed by atoms with Crippen LogP contribution in [0.1, 0.15) is 38.5 Å². The van der Waals surface area contributed by atoms with E-state index in [4.69, 9.17) is 21.1 Å². The van der Waals surface area contributed by atoms with Crippen LogP contribution in [0, 0.1) is 0 Å². The Labute approximate surface area is 260 Å². The highest BCUT2D eigenvalue weighted by atomic mass is 35.5. The van der Waals surface area contributed by atoms with E-state index in [1.165, 1.54) is 7.11 Å². The maximum Gasteiger partial charge on any atom is 0.267 e. The first kappa shape index (κ1) is 29.1. The van der Waals surface area contributed by atoms with Gasteiger partial charge in [-0.25, -0.2) is 4.98 Å². The number of carbonyl (C=O) groups is 2. The van der Waals surface area contributed by atoms with Crippen LogP contribution in [-0.2, 0) is 19.6 Å². The van der Waals surface area contributed by atoms with Gasteiger partial charge in [-0.1, -0.05) is 41.9 Å². The molecule has 0 atom stereocenters. The Bertz CT molecular complexity index is 1810. The molecule has 0 spiro atoms. The van der Waals surface area contributed by atoms with E-state index in [1.807, 2.05) is 76.0 Å². The lowest BCUT2D eigenvalue weighted by atomic mass is 10.0. The average Bonchev–Trinajstić information content (AvgIpc) is 3.68. The first-order valence-corrected chi connectivity index (χ1v) is 14.7. The summed E-state index contributed by atoms with van der Waals surface area (Å²) in [5, 5.41) is 3.45. The minimum absolute atomic E-state index is 0.152. The number of para-hydroxylation sites is 1. The van der Waals surface area contributed by atoms with Crippen LogP contribution in [0.3, 0.4) is 0 Å². The molecule has 5 aromatic rings. The molecule has 3 heterocycles. The van der Waals surface area contributed by atoms with Crippen molar-refractivity contribution in [2.24, 2.45) is 0 Å². The number of imidazole rings is 1. The van der Waals surface area contributed by atoms with Crippen molar-refractivity contribution in [3.05, 3.63) is 119 Å². The Balaban J connectivity index is 1.28. The van der Waals surface area contributed by atoms with Crippen LogP contribution in [0.4, 0.5) is 5.69 Å². The molecule has 1 aliphatic heterocycles. The lowest BCUT2D eigenvalue weighted by Gasteiger charge is -2.24. The molecule has 0 saturated carbocycles. The van der Waals surface area contributed by atoms with Crippen molar-refractivity contribution in [1.29, 1.82) is 0 Å². The third-order valence-electron chi connectivity index (χ3n) is 7.82. The maximum absolute atomic E-state index is 14.3. The number of ether oxygens (including phenoxy) is 2. The summed E-state index contributed by atoms with van der Waals surface area (Å²) in [4.78, 5) is 33.3. The molecule has 44 heavy (non-hydrogen) atoms. The summed E-state index contributed by atoms with van der Waals surface area (Å²) in [6.45, 7) is 2.02. The number of nitrogens with one attached hydrogen (secondary N) is 1. The fraction of sp³-hybridized carbons (Fsp3) is 0.206. The first-order chi connectivity index (χ1) is 21.5. The number of fused-ring (bicyclic) bond motifs is 2. The molecular formula is C34H32ClN5O4. The monoisotopic (exact) mass is 609 g/mol. The van der Waals surface area contributed by atoms with Gasteiger partial charge in [-0.15, -0.1) is 0 Å². The van der Waals surface area contributed by atoms with Crippen molar-refractivity contribution < 1.29 is 19.1 Å². The van der Waals surface area contributed by atoms with Crippen LogP contribution in [0.5, 0.6) is 11.5 Å². The van der Waals surface area contributed by atoms with Crippen molar-refractivity contribution in [2.45, 2.75) is 26.1 Å². The summed E-state index contributed by atoms with van der Waals surface area (Å²) in [5.74, 6) is 0.698. The van der Waals surface area contributed by atoms with Gasteiger partial charge in [0.05, 0.1) is 39.2 Å². The first-order valence-electron chi connectivity index (χ1n) is 14.3. The minimum Gasteiger partial charge on any atom is -0.497 e. The van der Waals surface area contributed by atoms with Crippen molar-refractivity contribution in [1.82, 2.24) is 19.4 Å². The Morgan fingerprint density at radius 1 is 0.977 bits per heavy atom. The van der Waals surface area contributed by atoms with E-state index in [0.717, 1.165) is 41.0 Å².